The Bertz CT molecular complexity index is 901. The zero-order chi connectivity index (χ0) is 20.5. The lowest BCUT2D eigenvalue weighted by atomic mass is 10.0. The van der Waals surface area contributed by atoms with E-state index < -0.39 is 0 Å². The van der Waals surface area contributed by atoms with Crippen molar-refractivity contribution >= 4 is 5.69 Å². The molecule has 29 heavy (non-hydrogen) atoms. The molecule has 3 nitrogen and oxygen atoms in total. The van der Waals surface area contributed by atoms with Crippen molar-refractivity contribution in [3.05, 3.63) is 102 Å². The average Bonchev–Trinajstić information content (AvgIpc) is 2.75. The van der Waals surface area contributed by atoms with Gasteiger partial charge in [-0.3, -0.25) is 0 Å². The van der Waals surface area contributed by atoms with E-state index in [4.69, 9.17) is 5.73 Å². The molecule has 0 heterocycles. The van der Waals surface area contributed by atoms with Crippen LogP contribution < -0.4 is 11.2 Å². The number of nitrogens with two attached hydrogens (primary N) is 1. The number of allylic oxidation sites excluding steroid dienone is 1. The van der Waals surface area contributed by atoms with Gasteiger partial charge in [-0.25, -0.2) is 5.43 Å². The van der Waals surface area contributed by atoms with Crippen LogP contribution in [-0.4, -0.2) is 11.6 Å². The van der Waals surface area contributed by atoms with E-state index in [-0.39, 0.29) is 0 Å². The summed E-state index contributed by atoms with van der Waals surface area (Å²) in [6, 6.07) is 27.4. The third kappa shape index (κ3) is 6.51. The molecule has 3 heteroatoms. The lowest BCUT2D eigenvalue weighted by Crippen LogP contribution is -2.36. The van der Waals surface area contributed by atoms with Crippen LogP contribution in [0.2, 0.25) is 0 Å². The molecular formula is C26H31N3. The standard InChI is InChI=1S/C26H31N3/c1-21(2)29(20-23-14-16-26(27)17-15-23)28-18-7-6-9-22-10-8-13-25(19-22)24-11-4-3-5-12-24/h3-5,8,10-17,19,28H,1,6-7,9,18,20,27H2,2H3. The van der Waals surface area contributed by atoms with E-state index in [2.05, 4.69) is 83.7 Å². The van der Waals surface area contributed by atoms with Gasteiger partial charge in [0.1, 0.15) is 0 Å². The number of rotatable bonds is 10. The highest BCUT2D eigenvalue weighted by atomic mass is 15.5. The average molecular weight is 386 g/mol. The predicted octanol–water partition coefficient (Wildman–Crippen LogP) is 5.80. The second kappa shape index (κ2) is 10.5. The molecule has 0 radical (unpaired) electrons. The first-order valence-corrected chi connectivity index (χ1v) is 10.3. The number of aryl methyl sites for hydroxylation is 1. The molecule has 0 aliphatic heterocycles. The number of hydrazine groups is 1. The molecule has 0 fully saturated rings. The van der Waals surface area contributed by atoms with Crippen LogP contribution in [0.15, 0.2) is 91.1 Å². The van der Waals surface area contributed by atoms with Crippen LogP contribution in [0, 0.1) is 0 Å². The van der Waals surface area contributed by atoms with Crippen molar-refractivity contribution < 1.29 is 0 Å². The van der Waals surface area contributed by atoms with Crippen LogP contribution in [0.5, 0.6) is 0 Å². The maximum Gasteiger partial charge on any atom is 0.0590 e. The highest BCUT2D eigenvalue weighted by Gasteiger charge is 2.05. The van der Waals surface area contributed by atoms with Crippen LogP contribution >= 0.6 is 0 Å². The Hall–Kier alpha value is -3.04. The minimum Gasteiger partial charge on any atom is -0.399 e. The molecule has 0 atom stereocenters. The van der Waals surface area contributed by atoms with Crippen molar-refractivity contribution in [2.75, 3.05) is 12.3 Å². The minimum atomic E-state index is 0.786. The third-order valence-electron chi connectivity index (χ3n) is 5.01. The first kappa shape index (κ1) is 20.7. The van der Waals surface area contributed by atoms with Gasteiger partial charge in [0.05, 0.1) is 6.54 Å². The SMILES string of the molecule is C=C(C)N(Cc1ccc(N)cc1)NCCCCc1cccc(-c2ccccc2)c1. The molecule has 3 N–H and O–H groups in total. The fraction of sp³-hybridized carbons (Fsp3) is 0.231. The molecule has 0 amide bonds. The molecule has 3 aromatic carbocycles. The number of nitrogens with one attached hydrogen (secondary N) is 1. The van der Waals surface area contributed by atoms with Gasteiger partial charge in [-0.05, 0) is 60.6 Å². The lowest BCUT2D eigenvalue weighted by molar-refractivity contribution is 0.236. The number of nitrogen functional groups attached to an aromatic ring is 1. The second-order valence-corrected chi connectivity index (χ2v) is 7.49. The molecule has 0 unspecified atom stereocenters. The molecule has 3 rings (SSSR count). The number of nitrogens with zero attached hydrogens (tertiary/aromatic N) is 1. The van der Waals surface area contributed by atoms with Gasteiger partial charge < -0.3 is 10.7 Å². The molecule has 0 spiro atoms. The van der Waals surface area contributed by atoms with Crippen LogP contribution in [-0.2, 0) is 13.0 Å². The molecule has 0 saturated heterocycles. The Morgan fingerprint density at radius 1 is 0.862 bits per heavy atom. The summed E-state index contributed by atoms with van der Waals surface area (Å²) in [6.45, 7) is 7.84. The highest BCUT2D eigenvalue weighted by molar-refractivity contribution is 5.63. The molecule has 0 aliphatic rings. The van der Waals surface area contributed by atoms with Gasteiger partial charge in [0.15, 0.2) is 0 Å². The van der Waals surface area contributed by atoms with Crippen molar-refractivity contribution in [2.45, 2.75) is 32.7 Å². The topological polar surface area (TPSA) is 41.3 Å². The maximum atomic E-state index is 5.77. The van der Waals surface area contributed by atoms with Gasteiger partial charge >= 0.3 is 0 Å². The van der Waals surface area contributed by atoms with Gasteiger partial charge in [-0.1, -0.05) is 73.3 Å². The summed E-state index contributed by atoms with van der Waals surface area (Å²) in [4.78, 5) is 0. The second-order valence-electron chi connectivity index (χ2n) is 7.49. The monoisotopic (exact) mass is 385 g/mol. The van der Waals surface area contributed by atoms with Gasteiger partial charge in [-0.2, -0.15) is 0 Å². The van der Waals surface area contributed by atoms with Crippen LogP contribution in [0.25, 0.3) is 11.1 Å². The zero-order valence-corrected chi connectivity index (χ0v) is 17.3. The van der Waals surface area contributed by atoms with Crippen molar-refractivity contribution in [3.8, 4) is 11.1 Å². The van der Waals surface area contributed by atoms with Gasteiger partial charge in [0.25, 0.3) is 0 Å². The van der Waals surface area contributed by atoms with Crippen molar-refractivity contribution in [1.82, 2.24) is 10.4 Å². The van der Waals surface area contributed by atoms with Crippen molar-refractivity contribution in [3.63, 3.8) is 0 Å². The Morgan fingerprint density at radius 2 is 1.59 bits per heavy atom. The number of hydrogen-bond donors (Lipinski definition) is 2. The number of benzene rings is 3. The molecule has 3 aromatic rings. The Morgan fingerprint density at radius 3 is 2.31 bits per heavy atom. The maximum absolute atomic E-state index is 5.77. The number of unbranched alkanes of at least 4 members (excludes halogenated alkanes) is 1. The molecule has 150 valence electrons. The molecule has 0 saturated carbocycles. The first-order chi connectivity index (χ1) is 14.1. The predicted molar refractivity (Wildman–Crippen MR) is 124 cm³/mol. The van der Waals surface area contributed by atoms with E-state index >= 15 is 0 Å². The summed E-state index contributed by atoms with van der Waals surface area (Å²) in [5.74, 6) is 0. The summed E-state index contributed by atoms with van der Waals surface area (Å²) in [7, 11) is 0. The summed E-state index contributed by atoms with van der Waals surface area (Å²) in [5, 5.41) is 2.11. The van der Waals surface area contributed by atoms with Crippen LogP contribution in [0.4, 0.5) is 5.69 Å². The minimum absolute atomic E-state index is 0.786. The van der Waals surface area contributed by atoms with Crippen molar-refractivity contribution in [2.24, 2.45) is 0 Å². The van der Waals surface area contributed by atoms with Gasteiger partial charge in [-0.15, -0.1) is 0 Å². The largest absolute Gasteiger partial charge is 0.399 e. The third-order valence-corrected chi connectivity index (χ3v) is 5.01. The summed E-state index contributed by atoms with van der Waals surface area (Å²) < 4.78 is 0. The Labute approximate surface area is 174 Å². The highest BCUT2D eigenvalue weighted by Crippen LogP contribution is 2.20. The fourth-order valence-electron chi connectivity index (χ4n) is 3.34. The zero-order valence-electron chi connectivity index (χ0n) is 17.3. The lowest BCUT2D eigenvalue weighted by Gasteiger charge is -2.26. The van der Waals surface area contributed by atoms with Gasteiger partial charge in [0, 0.05) is 17.9 Å². The van der Waals surface area contributed by atoms with E-state index in [1.54, 1.807) is 0 Å². The normalized spacial score (nSPS) is 10.7. The molecular weight excluding hydrogens is 354 g/mol. The van der Waals surface area contributed by atoms with Crippen LogP contribution in [0.3, 0.4) is 0 Å². The van der Waals surface area contributed by atoms with E-state index in [0.717, 1.165) is 43.7 Å². The Balaban J connectivity index is 1.45. The molecule has 0 aliphatic carbocycles. The number of hydrogen-bond acceptors (Lipinski definition) is 3. The summed E-state index contributed by atoms with van der Waals surface area (Å²) >= 11 is 0. The Kier molecular flexibility index (Phi) is 7.48. The molecule has 0 aromatic heterocycles. The van der Waals surface area contributed by atoms with E-state index in [1.807, 2.05) is 19.1 Å². The van der Waals surface area contributed by atoms with Gasteiger partial charge in [0.2, 0.25) is 0 Å². The number of anilines is 1. The quantitative estimate of drug-likeness (QED) is 0.263. The van der Waals surface area contributed by atoms with E-state index in [1.165, 1.54) is 22.3 Å². The van der Waals surface area contributed by atoms with E-state index in [0.29, 0.717) is 0 Å². The summed E-state index contributed by atoms with van der Waals surface area (Å²) in [5.41, 5.74) is 16.3. The summed E-state index contributed by atoms with van der Waals surface area (Å²) in [6.07, 6.45) is 3.35. The van der Waals surface area contributed by atoms with Crippen LogP contribution in [0.1, 0.15) is 30.9 Å². The fourth-order valence-corrected chi connectivity index (χ4v) is 3.34. The molecule has 0 bridgehead atoms. The van der Waals surface area contributed by atoms with Crippen molar-refractivity contribution in [1.29, 1.82) is 0 Å². The smallest absolute Gasteiger partial charge is 0.0590 e. The first-order valence-electron chi connectivity index (χ1n) is 10.3. The van der Waals surface area contributed by atoms with E-state index in [9.17, 15) is 0 Å².